The van der Waals surface area contributed by atoms with E-state index >= 15 is 0 Å². The molecule has 0 bridgehead atoms. The summed E-state index contributed by atoms with van der Waals surface area (Å²) < 4.78 is 0. The molecule has 1 rings (SSSR count). The van der Waals surface area contributed by atoms with Crippen molar-refractivity contribution in [3.8, 4) is 0 Å². The summed E-state index contributed by atoms with van der Waals surface area (Å²) in [6.45, 7) is 2.36. The van der Waals surface area contributed by atoms with Crippen molar-refractivity contribution in [3.05, 3.63) is 29.8 Å². The van der Waals surface area contributed by atoms with E-state index in [0.29, 0.717) is 18.7 Å². The topological polar surface area (TPSA) is 75.3 Å². The van der Waals surface area contributed by atoms with Gasteiger partial charge in [0.1, 0.15) is 0 Å². The van der Waals surface area contributed by atoms with E-state index in [4.69, 9.17) is 5.73 Å². The lowest BCUT2D eigenvalue weighted by Crippen LogP contribution is -2.13. The summed E-state index contributed by atoms with van der Waals surface area (Å²) in [6.07, 6.45) is 2.69. The Bertz CT molecular complexity index is 378. The lowest BCUT2D eigenvalue weighted by atomic mass is 10.1. The molecule has 4 heteroatoms. The molecule has 1 amide bonds. The Kier molecular flexibility index (Phi) is 6.39. The number of amides is 1. The van der Waals surface area contributed by atoms with E-state index in [2.05, 4.69) is 5.32 Å². The standard InChI is InChI=1S/C14H22N2O2/c1-11(17)12-7-4-5-8-13(12)16-14(18)9-3-2-6-10-15/h4-5,7-8,11,17H,2-3,6,9-10,15H2,1H3,(H,16,18). The van der Waals surface area contributed by atoms with Crippen LogP contribution in [0.3, 0.4) is 0 Å². The van der Waals surface area contributed by atoms with Gasteiger partial charge in [0, 0.05) is 17.7 Å². The third-order valence-corrected chi connectivity index (χ3v) is 2.79. The molecule has 0 aliphatic rings. The molecule has 1 aromatic rings. The van der Waals surface area contributed by atoms with Crippen molar-refractivity contribution in [2.45, 2.75) is 38.7 Å². The van der Waals surface area contributed by atoms with Crippen molar-refractivity contribution in [2.24, 2.45) is 5.73 Å². The molecule has 1 atom stereocenters. The molecule has 1 unspecified atom stereocenters. The van der Waals surface area contributed by atoms with Crippen molar-refractivity contribution in [3.63, 3.8) is 0 Å². The molecule has 0 fully saturated rings. The van der Waals surface area contributed by atoms with Gasteiger partial charge in [0.15, 0.2) is 0 Å². The molecule has 18 heavy (non-hydrogen) atoms. The van der Waals surface area contributed by atoms with Crippen molar-refractivity contribution in [1.29, 1.82) is 0 Å². The van der Waals surface area contributed by atoms with Gasteiger partial charge in [-0.1, -0.05) is 24.6 Å². The van der Waals surface area contributed by atoms with Crippen molar-refractivity contribution in [2.75, 3.05) is 11.9 Å². The van der Waals surface area contributed by atoms with Crippen molar-refractivity contribution >= 4 is 11.6 Å². The molecule has 4 N–H and O–H groups in total. The fraction of sp³-hybridized carbons (Fsp3) is 0.500. The molecule has 0 saturated carbocycles. The van der Waals surface area contributed by atoms with E-state index in [1.54, 1.807) is 13.0 Å². The highest BCUT2D eigenvalue weighted by Gasteiger charge is 2.09. The summed E-state index contributed by atoms with van der Waals surface area (Å²) in [4.78, 5) is 11.7. The number of aliphatic hydroxyl groups excluding tert-OH is 1. The molecule has 0 saturated heterocycles. The highest BCUT2D eigenvalue weighted by atomic mass is 16.3. The van der Waals surface area contributed by atoms with Crippen LogP contribution in [0.5, 0.6) is 0 Å². The lowest BCUT2D eigenvalue weighted by Gasteiger charge is -2.12. The van der Waals surface area contributed by atoms with Crippen LogP contribution in [0.15, 0.2) is 24.3 Å². The SMILES string of the molecule is CC(O)c1ccccc1NC(=O)CCCCCN. The summed E-state index contributed by atoms with van der Waals surface area (Å²) in [7, 11) is 0. The minimum absolute atomic E-state index is 0.0138. The fourth-order valence-corrected chi connectivity index (χ4v) is 1.79. The average molecular weight is 250 g/mol. The van der Waals surface area contributed by atoms with Crippen LogP contribution >= 0.6 is 0 Å². The minimum Gasteiger partial charge on any atom is -0.389 e. The first-order valence-electron chi connectivity index (χ1n) is 6.42. The third-order valence-electron chi connectivity index (χ3n) is 2.79. The summed E-state index contributed by atoms with van der Waals surface area (Å²) in [6, 6.07) is 7.31. The number of para-hydroxylation sites is 1. The number of nitrogens with two attached hydrogens (primary N) is 1. The van der Waals surface area contributed by atoms with E-state index in [1.807, 2.05) is 18.2 Å². The normalized spacial score (nSPS) is 12.2. The second-order valence-corrected chi connectivity index (χ2v) is 4.41. The van der Waals surface area contributed by atoms with Crippen LogP contribution in [0.25, 0.3) is 0 Å². The molecule has 0 aliphatic carbocycles. The number of hydrogen-bond donors (Lipinski definition) is 3. The highest BCUT2D eigenvalue weighted by Crippen LogP contribution is 2.22. The minimum atomic E-state index is -0.584. The van der Waals surface area contributed by atoms with Gasteiger partial charge in [-0.05, 0) is 32.4 Å². The van der Waals surface area contributed by atoms with E-state index in [-0.39, 0.29) is 5.91 Å². The Balaban J connectivity index is 2.49. The quantitative estimate of drug-likeness (QED) is 0.649. The van der Waals surface area contributed by atoms with Gasteiger partial charge >= 0.3 is 0 Å². The summed E-state index contributed by atoms with van der Waals surface area (Å²) in [5, 5.41) is 12.4. The maximum Gasteiger partial charge on any atom is 0.224 e. The van der Waals surface area contributed by atoms with Crippen LogP contribution in [0.4, 0.5) is 5.69 Å². The number of rotatable bonds is 7. The molecule has 4 nitrogen and oxygen atoms in total. The zero-order chi connectivity index (χ0) is 13.4. The predicted octanol–water partition coefficient (Wildman–Crippen LogP) is 2.20. The van der Waals surface area contributed by atoms with E-state index < -0.39 is 6.10 Å². The maximum absolute atomic E-state index is 11.7. The maximum atomic E-state index is 11.7. The van der Waals surface area contributed by atoms with E-state index in [1.165, 1.54) is 0 Å². The lowest BCUT2D eigenvalue weighted by molar-refractivity contribution is -0.116. The Morgan fingerprint density at radius 2 is 2.06 bits per heavy atom. The molecule has 0 radical (unpaired) electrons. The second-order valence-electron chi connectivity index (χ2n) is 4.41. The largest absolute Gasteiger partial charge is 0.389 e. The molecule has 0 aliphatic heterocycles. The Hall–Kier alpha value is -1.39. The smallest absolute Gasteiger partial charge is 0.224 e. The van der Waals surface area contributed by atoms with E-state index in [0.717, 1.165) is 24.8 Å². The highest BCUT2D eigenvalue weighted by molar-refractivity contribution is 5.91. The van der Waals surface area contributed by atoms with Gasteiger partial charge in [-0.3, -0.25) is 4.79 Å². The van der Waals surface area contributed by atoms with Crippen LogP contribution < -0.4 is 11.1 Å². The van der Waals surface area contributed by atoms with Gasteiger partial charge in [0.25, 0.3) is 0 Å². The first-order chi connectivity index (χ1) is 8.65. The first kappa shape index (κ1) is 14.7. The Morgan fingerprint density at radius 1 is 1.33 bits per heavy atom. The van der Waals surface area contributed by atoms with Gasteiger partial charge in [0.2, 0.25) is 5.91 Å². The number of benzene rings is 1. The van der Waals surface area contributed by atoms with Crippen LogP contribution in [-0.4, -0.2) is 17.6 Å². The molecular formula is C14H22N2O2. The Labute approximate surface area is 108 Å². The number of aliphatic hydroxyl groups is 1. The number of hydrogen-bond acceptors (Lipinski definition) is 3. The summed E-state index contributed by atoms with van der Waals surface area (Å²) in [5.74, 6) is -0.0138. The number of anilines is 1. The van der Waals surface area contributed by atoms with Gasteiger partial charge in [0.05, 0.1) is 6.10 Å². The monoisotopic (exact) mass is 250 g/mol. The summed E-state index contributed by atoms with van der Waals surface area (Å²) >= 11 is 0. The van der Waals surface area contributed by atoms with Crippen LogP contribution in [0, 0.1) is 0 Å². The number of nitrogens with one attached hydrogen (secondary N) is 1. The number of carbonyl (C=O) groups excluding carboxylic acids is 1. The Morgan fingerprint density at radius 3 is 2.72 bits per heavy atom. The van der Waals surface area contributed by atoms with Gasteiger partial charge in [-0.25, -0.2) is 0 Å². The zero-order valence-electron chi connectivity index (χ0n) is 10.9. The summed E-state index contributed by atoms with van der Waals surface area (Å²) in [5.41, 5.74) is 6.83. The molecule has 0 aromatic heterocycles. The van der Waals surface area contributed by atoms with Crippen LogP contribution in [-0.2, 0) is 4.79 Å². The molecule has 0 heterocycles. The van der Waals surface area contributed by atoms with Gasteiger partial charge in [-0.2, -0.15) is 0 Å². The predicted molar refractivity (Wildman–Crippen MR) is 73.2 cm³/mol. The molecule has 100 valence electrons. The number of carbonyl (C=O) groups is 1. The van der Waals surface area contributed by atoms with Crippen LogP contribution in [0.1, 0.15) is 44.3 Å². The van der Waals surface area contributed by atoms with Gasteiger partial charge < -0.3 is 16.2 Å². The zero-order valence-corrected chi connectivity index (χ0v) is 10.9. The van der Waals surface area contributed by atoms with Gasteiger partial charge in [-0.15, -0.1) is 0 Å². The first-order valence-corrected chi connectivity index (χ1v) is 6.42. The van der Waals surface area contributed by atoms with Crippen molar-refractivity contribution < 1.29 is 9.90 Å². The number of unbranched alkanes of at least 4 members (excludes halogenated alkanes) is 2. The second kappa shape index (κ2) is 7.84. The third kappa shape index (κ3) is 4.85. The van der Waals surface area contributed by atoms with Crippen LogP contribution in [0.2, 0.25) is 0 Å². The molecular weight excluding hydrogens is 228 g/mol. The average Bonchev–Trinajstić information content (AvgIpc) is 2.35. The van der Waals surface area contributed by atoms with Crippen molar-refractivity contribution in [1.82, 2.24) is 0 Å². The molecule has 0 spiro atoms. The fourth-order valence-electron chi connectivity index (χ4n) is 1.79. The molecule has 1 aromatic carbocycles. The van der Waals surface area contributed by atoms with E-state index in [9.17, 15) is 9.90 Å².